The maximum Gasteiger partial charge on any atom is 0.320 e. The Morgan fingerprint density at radius 3 is 0.873 bits per heavy atom. The summed E-state index contributed by atoms with van der Waals surface area (Å²) < 4.78 is 0. The molecule has 2 rings (SSSR count). The van der Waals surface area contributed by atoms with Gasteiger partial charge in [0.2, 0.25) is 23.6 Å². The zero-order chi connectivity index (χ0) is 52.9. The number of nitrogens with zero attached hydrogens (tertiary/aromatic N) is 7. The van der Waals surface area contributed by atoms with Gasteiger partial charge in [0.25, 0.3) is 0 Å². The van der Waals surface area contributed by atoms with E-state index < -0.39 is 77.6 Å². The summed E-state index contributed by atoms with van der Waals surface area (Å²) in [6.07, 6.45) is -1.13. The summed E-state index contributed by atoms with van der Waals surface area (Å²) in [5, 5.41) is 72.0. The molecule has 0 aromatic heterocycles. The molecule has 404 valence electrons. The van der Waals surface area contributed by atoms with Gasteiger partial charge >= 0.3 is 35.8 Å². The second-order valence-electron chi connectivity index (χ2n) is 17.0. The maximum absolute atomic E-state index is 13.0. The summed E-state index contributed by atoms with van der Waals surface area (Å²) in [6, 6.07) is -3.72. The van der Waals surface area contributed by atoms with Crippen molar-refractivity contribution in [2.45, 2.75) is 56.7 Å². The molecule has 30 heteroatoms. The van der Waals surface area contributed by atoms with Crippen LogP contribution in [0.4, 0.5) is 0 Å². The predicted octanol–water partition coefficient (Wildman–Crippen LogP) is -7.12. The van der Waals surface area contributed by atoms with Gasteiger partial charge < -0.3 is 63.4 Å². The van der Waals surface area contributed by atoms with Crippen LogP contribution < -0.4 is 38.1 Å². The lowest BCUT2D eigenvalue weighted by molar-refractivity contribution is -0.146. The molecule has 2 saturated heterocycles. The molecule has 0 bridgehead atoms. The number of carboxylic acid groups (broad SMARTS) is 6. The number of hydrogen-bond acceptors (Lipinski definition) is 20. The van der Waals surface area contributed by atoms with E-state index in [1.807, 2.05) is 0 Å². The number of nitrogens with two attached hydrogens (primary N) is 2. The van der Waals surface area contributed by atoms with Crippen LogP contribution in [0.2, 0.25) is 0 Å². The highest BCUT2D eigenvalue weighted by atomic mass is 16.4. The molecular formula is C41H74N14O16. The van der Waals surface area contributed by atoms with Gasteiger partial charge in [0.05, 0.1) is 52.9 Å². The molecule has 0 saturated carbocycles. The number of carboxylic acids is 6. The highest BCUT2D eigenvalue weighted by molar-refractivity contribution is 5.80. The number of rotatable bonds is 29. The standard InChI is InChI=1S/C41H74N14O16/c42-25-45-32(56)4-1-29(39(66)67)53-15-16-54(30(40(68)69)2-5-33(57)46-26-43)18-20-55(19-17-53)31(41(70)71)3-6-34(58)47-27-44-28-48-35(59)21-49-7-9-50(22-36(60)61)11-13-52(24-38(64)65)14-12-51(10-8-49)23-37(62)63/h29-31,44H,1-28,42-43H2,(H,45,56)(H,46,57)(H,47,58)(H,48,59)(H,60,61)(H,62,63)(H,64,65)(H,66,67)(H,68,69)(H,70,71). The normalized spacial score (nSPS) is 18.4. The number of nitrogens with one attached hydrogen (secondary N) is 5. The van der Waals surface area contributed by atoms with Crippen LogP contribution in [-0.4, -0.2) is 287 Å². The van der Waals surface area contributed by atoms with Gasteiger partial charge in [0, 0.05) is 111 Å². The van der Waals surface area contributed by atoms with Crippen molar-refractivity contribution in [2.24, 2.45) is 11.5 Å². The van der Waals surface area contributed by atoms with Crippen LogP contribution in [-0.2, 0) is 47.9 Å². The quantitative estimate of drug-likeness (QED) is 0.0245. The van der Waals surface area contributed by atoms with Crippen molar-refractivity contribution in [1.29, 1.82) is 0 Å². The topological polar surface area (TPSA) is 427 Å². The summed E-state index contributed by atoms with van der Waals surface area (Å²) in [6.45, 7) is 0.131. The fraction of sp³-hybridized carbons (Fsp3) is 0.756. The van der Waals surface area contributed by atoms with Crippen molar-refractivity contribution in [2.75, 3.05) is 144 Å². The molecule has 4 amide bonds. The first-order valence-electron chi connectivity index (χ1n) is 23.4. The van der Waals surface area contributed by atoms with Gasteiger partial charge in [0.1, 0.15) is 18.1 Å². The van der Waals surface area contributed by atoms with Crippen molar-refractivity contribution in [3.05, 3.63) is 0 Å². The average Bonchev–Trinajstić information content (AvgIpc) is 3.38. The molecule has 30 nitrogen and oxygen atoms in total. The molecule has 3 atom stereocenters. The minimum absolute atomic E-state index is 0.00467. The van der Waals surface area contributed by atoms with Crippen molar-refractivity contribution in [3.8, 4) is 0 Å². The SMILES string of the molecule is NCNC(=O)CCC(C(=O)O)N1CCN(C(CCC(=O)NCN)C(=O)O)CCN(C(CCC(=O)NCNCNC(=O)CN2CCN(CC(=O)O)CCN(CC(=O)O)CCN(CC(=O)O)CC2)C(=O)O)CC1. The lowest BCUT2D eigenvalue weighted by Gasteiger charge is -2.32. The van der Waals surface area contributed by atoms with E-state index in [9.17, 15) is 78.6 Å². The first-order valence-corrected chi connectivity index (χ1v) is 23.4. The first-order chi connectivity index (χ1) is 33.7. The second kappa shape index (κ2) is 33.8. The molecule has 2 fully saturated rings. The van der Waals surface area contributed by atoms with Gasteiger partial charge in [0.15, 0.2) is 0 Å². The van der Waals surface area contributed by atoms with Crippen LogP contribution in [0, 0.1) is 0 Å². The molecule has 0 aromatic carbocycles. The fourth-order valence-electron chi connectivity index (χ4n) is 8.15. The largest absolute Gasteiger partial charge is 0.480 e. The van der Waals surface area contributed by atoms with Gasteiger partial charge in [-0.05, 0) is 19.3 Å². The number of carbonyl (C=O) groups excluding carboxylic acids is 4. The van der Waals surface area contributed by atoms with Gasteiger partial charge in [-0.2, -0.15) is 0 Å². The molecule has 15 N–H and O–H groups in total. The van der Waals surface area contributed by atoms with Crippen LogP contribution in [0.15, 0.2) is 0 Å². The van der Waals surface area contributed by atoms with Crippen LogP contribution in [0.5, 0.6) is 0 Å². The van der Waals surface area contributed by atoms with Gasteiger partial charge in [-0.3, -0.25) is 87.6 Å². The Hall–Kier alpha value is -5.70. The third-order valence-electron chi connectivity index (χ3n) is 11.9. The summed E-state index contributed by atoms with van der Waals surface area (Å²) in [5.74, 6) is -9.01. The van der Waals surface area contributed by atoms with Crippen molar-refractivity contribution >= 4 is 59.4 Å². The van der Waals surface area contributed by atoms with Gasteiger partial charge in [-0.15, -0.1) is 0 Å². The monoisotopic (exact) mass is 1020 g/mol. The zero-order valence-electron chi connectivity index (χ0n) is 40.1. The first kappa shape index (κ1) is 61.4. The minimum atomic E-state index is -1.29. The van der Waals surface area contributed by atoms with E-state index in [0.29, 0.717) is 0 Å². The molecule has 2 aliphatic heterocycles. The van der Waals surface area contributed by atoms with Crippen LogP contribution in [0.3, 0.4) is 0 Å². The van der Waals surface area contributed by atoms with E-state index in [1.165, 1.54) is 14.7 Å². The maximum atomic E-state index is 13.0. The van der Waals surface area contributed by atoms with Crippen LogP contribution in [0.1, 0.15) is 38.5 Å². The molecule has 2 aliphatic rings. The van der Waals surface area contributed by atoms with E-state index in [0.717, 1.165) is 0 Å². The van der Waals surface area contributed by atoms with E-state index in [-0.39, 0.29) is 183 Å². The predicted molar refractivity (Wildman–Crippen MR) is 249 cm³/mol. The van der Waals surface area contributed by atoms with E-state index in [1.54, 1.807) is 19.6 Å². The van der Waals surface area contributed by atoms with Crippen molar-refractivity contribution in [3.63, 3.8) is 0 Å². The third kappa shape index (κ3) is 25.8. The molecule has 0 spiro atoms. The molecule has 0 aliphatic carbocycles. The summed E-state index contributed by atoms with van der Waals surface area (Å²) in [5.41, 5.74) is 10.8. The Kier molecular flexibility index (Phi) is 29.2. The Bertz CT molecular complexity index is 1680. The highest BCUT2D eigenvalue weighted by Gasteiger charge is 2.35. The zero-order valence-corrected chi connectivity index (χ0v) is 40.1. The van der Waals surface area contributed by atoms with Gasteiger partial charge in [-0.25, -0.2) is 0 Å². The lowest BCUT2D eigenvalue weighted by atomic mass is 10.1. The minimum Gasteiger partial charge on any atom is -0.480 e. The Balaban J connectivity index is 2.08. The molecule has 3 unspecified atom stereocenters. The smallest absolute Gasteiger partial charge is 0.320 e. The number of hydrogen-bond donors (Lipinski definition) is 13. The lowest BCUT2D eigenvalue weighted by Crippen LogP contribution is -2.50. The average molecular weight is 1020 g/mol. The van der Waals surface area contributed by atoms with Crippen LogP contribution in [0.25, 0.3) is 0 Å². The Morgan fingerprint density at radius 1 is 0.366 bits per heavy atom. The van der Waals surface area contributed by atoms with E-state index >= 15 is 0 Å². The Labute approximate surface area is 410 Å². The molecule has 0 radical (unpaired) electrons. The van der Waals surface area contributed by atoms with Crippen LogP contribution >= 0.6 is 0 Å². The summed E-state index contributed by atoms with van der Waals surface area (Å²) in [4.78, 5) is 134. The molecular weight excluding hydrogens is 945 g/mol. The summed E-state index contributed by atoms with van der Waals surface area (Å²) in [7, 11) is 0. The molecule has 0 aromatic rings. The third-order valence-corrected chi connectivity index (χ3v) is 11.9. The fourth-order valence-corrected chi connectivity index (χ4v) is 8.15. The van der Waals surface area contributed by atoms with E-state index in [2.05, 4.69) is 26.6 Å². The van der Waals surface area contributed by atoms with E-state index in [4.69, 9.17) is 11.5 Å². The van der Waals surface area contributed by atoms with Crippen molar-refractivity contribution in [1.82, 2.24) is 60.9 Å². The van der Waals surface area contributed by atoms with Gasteiger partial charge in [-0.1, -0.05) is 0 Å². The highest BCUT2D eigenvalue weighted by Crippen LogP contribution is 2.17. The van der Waals surface area contributed by atoms with Crippen molar-refractivity contribution < 1.29 is 78.6 Å². The number of amides is 4. The summed E-state index contributed by atoms with van der Waals surface area (Å²) >= 11 is 0. The Morgan fingerprint density at radius 2 is 0.620 bits per heavy atom. The molecule has 71 heavy (non-hydrogen) atoms. The molecule has 2 heterocycles. The second-order valence-corrected chi connectivity index (χ2v) is 17.0. The number of aliphatic carboxylic acids is 6. The number of carbonyl (C=O) groups is 10.